The SMILES string of the molecule is CCC(C)CCCCCC1CC1CCCC(C)C. The summed E-state index contributed by atoms with van der Waals surface area (Å²) in [7, 11) is 0. The summed E-state index contributed by atoms with van der Waals surface area (Å²) in [6.45, 7) is 9.41. The van der Waals surface area contributed by atoms with E-state index >= 15 is 0 Å². The van der Waals surface area contributed by atoms with E-state index in [0.717, 1.165) is 23.7 Å². The summed E-state index contributed by atoms with van der Waals surface area (Å²) in [5.41, 5.74) is 0. The van der Waals surface area contributed by atoms with E-state index < -0.39 is 0 Å². The molecule has 0 bridgehead atoms. The first-order valence-corrected chi connectivity index (χ1v) is 8.63. The second kappa shape index (κ2) is 8.99. The molecule has 18 heavy (non-hydrogen) atoms. The number of hydrogen-bond acceptors (Lipinski definition) is 0. The molecule has 1 aliphatic rings. The zero-order valence-corrected chi connectivity index (χ0v) is 13.4. The van der Waals surface area contributed by atoms with Crippen LogP contribution in [-0.4, -0.2) is 0 Å². The lowest BCUT2D eigenvalue weighted by Crippen LogP contribution is -1.92. The van der Waals surface area contributed by atoms with Gasteiger partial charge in [-0.2, -0.15) is 0 Å². The minimum atomic E-state index is 0.905. The zero-order valence-electron chi connectivity index (χ0n) is 13.4. The predicted octanol–water partition coefficient (Wildman–Crippen LogP) is 6.45. The van der Waals surface area contributed by atoms with Gasteiger partial charge in [0.15, 0.2) is 0 Å². The summed E-state index contributed by atoms with van der Waals surface area (Å²) in [6, 6.07) is 0. The highest BCUT2D eigenvalue weighted by atomic mass is 14.4. The Hall–Kier alpha value is 0. The van der Waals surface area contributed by atoms with Crippen LogP contribution in [0.1, 0.15) is 91.9 Å². The smallest absolute Gasteiger partial charge is 0.0383 e. The predicted molar refractivity (Wildman–Crippen MR) is 82.8 cm³/mol. The average Bonchev–Trinajstić information content (AvgIpc) is 3.06. The fourth-order valence-corrected chi connectivity index (χ4v) is 3.09. The third kappa shape index (κ3) is 7.44. The van der Waals surface area contributed by atoms with E-state index in [-0.39, 0.29) is 0 Å². The van der Waals surface area contributed by atoms with Crippen molar-refractivity contribution in [1.29, 1.82) is 0 Å². The van der Waals surface area contributed by atoms with Crippen molar-refractivity contribution in [2.45, 2.75) is 91.9 Å². The standard InChI is InChI=1S/C18H36/c1-5-16(4)11-7-6-8-12-17-14-18(17)13-9-10-15(2)3/h15-18H,5-14H2,1-4H3. The molecule has 0 saturated heterocycles. The fraction of sp³-hybridized carbons (Fsp3) is 1.00. The molecule has 0 heterocycles. The van der Waals surface area contributed by atoms with E-state index in [9.17, 15) is 0 Å². The molecule has 0 N–H and O–H groups in total. The van der Waals surface area contributed by atoms with E-state index in [0.29, 0.717) is 0 Å². The van der Waals surface area contributed by atoms with Crippen molar-refractivity contribution >= 4 is 0 Å². The lowest BCUT2D eigenvalue weighted by atomic mass is 9.99. The highest BCUT2D eigenvalue weighted by Gasteiger charge is 2.35. The van der Waals surface area contributed by atoms with E-state index in [4.69, 9.17) is 0 Å². The molecule has 1 aliphatic carbocycles. The lowest BCUT2D eigenvalue weighted by Gasteiger charge is -2.07. The van der Waals surface area contributed by atoms with Gasteiger partial charge in [-0.15, -0.1) is 0 Å². The Morgan fingerprint density at radius 2 is 1.50 bits per heavy atom. The molecule has 0 heteroatoms. The van der Waals surface area contributed by atoms with Gasteiger partial charge in [-0.3, -0.25) is 0 Å². The monoisotopic (exact) mass is 252 g/mol. The van der Waals surface area contributed by atoms with Crippen molar-refractivity contribution in [2.75, 3.05) is 0 Å². The topological polar surface area (TPSA) is 0 Å². The highest BCUT2D eigenvalue weighted by Crippen LogP contribution is 2.45. The second-order valence-corrected chi connectivity index (χ2v) is 7.23. The number of hydrogen-bond donors (Lipinski definition) is 0. The van der Waals surface area contributed by atoms with Gasteiger partial charge in [0.05, 0.1) is 0 Å². The Morgan fingerprint density at radius 1 is 0.833 bits per heavy atom. The van der Waals surface area contributed by atoms with Gasteiger partial charge in [0.25, 0.3) is 0 Å². The molecule has 0 amide bonds. The third-order valence-electron chi connectivity index (χ3n) is 4.89. The van der Waals surface area contributed by atoms with Gasteiger partial charge >= 0.3 is 0 Å². The van der Waals surface area contributed by atoms with E-state index in [1.165, 1.54) is 57.8 Å². The molecule has 1 rings (SSSR count). The maximum atomic E-state index is 2.39. The summed E-state index contributed by atoms with van der Waals surface area (Å²) in [5, 5.41) is 0. The molecule has 3 atom stereocenters. The molecule has 0 aromatic heterocycles. The van der Waals surface area contributed by atoms with Crippen molar-refractivity contribution in [3.63, 3.8) is 0 Å². The van der Waals surface area contributed by atoms with E-state index in [1.807, 2.05) is 0 Å². The van der Waals surface area contributed by atoms with Crippen LogP contribution in [0.2, 0.25) is 0 Å². The van der Waals surface area contributed by atoms with Gasteiger partial charge in [0.2, 0.25) is 0 Å². The fourth-order valence-electron chi connectivity index (χ4n) is 3.09. The molecular formula is C18H36. The van der Waals surface area contributed by atoms with Crippen LogP contribution in [0.3, 0.4) is 0 Å². The Morgan fingerprint density at radius 3 is 2.11 bits per heavy atom. The van der Waals surface area contributed by atoms with Crippen LogP contribution in [0.4, 0.5) is 0 Å². The summed E-state index contributed by atoms with van der Waals surface area (Å²) in [5.74, 6) is 4.11. The molecule has 1 fully saturated rings. The van der Waals surface area contributed by atoms with Crippen LogP contribution >= 0.6 is 0 Å². The van der Waals surface area contributed by atoms with Crippen LogP contribution < -0.4 is 0 Å². The maximum Gasteiger partial charge on any atom is -0.0383 e. The van der Waals surface area contributed by atoms with E-state index in [2.05, 4.69) is 27.7 Å². The molecule has 0 nitrogen and oxygen atoms in total. The van der Waals surface area contributed by atoms with Crippen molar-refractivity contribution in [3.8, 4) is 0 Å². The second-order valence-electron chi connectivity index (χ2n) is 7.23. The van der Waals surface area contributed by atoms with Gasteiger partial charge < -0.3 is 0 Å². The summed E-state index contributed by atoms with van der Waals surface area (Å²) in [6.07, 6.45) is 14.8. The minimum absolute atomic E-state index is 0.905. The van der Waals surface area contributed by atoms with Gasteiger partial charge in [-0.1, -0.05) is 85.5 Å². The van der Waals surface area contributed by atoms with Crippen LogP contribution in [0.25, 0.3) is 0 Å². The summed E-state index contributed by atoms with van der Waals surface area (Å²) < 4.78 is 0. The molecule has 1 saturated carbocycles. The molecule has 0 aromatic rings. The van der Waals surface area contributed by atoms with Crippen LogP contribution in [0.15, 0.2) is 0 Å². The minimum Gasteiger partial charge on any atom is -0.0651 e. The quantitative estimate of drug-likeness (QED) is 0.371. The Balaban J connectivity index is 1.84. The molecule has 108 valence electrons. The molecule has 0 spiro atoms. The summed E-state index contributed by atoms with van der Waals surface area (Å²) in [4.78, 5) is 0. The number of rotatable bonds is 11. The molecule has 0 aromatic carbocycles. The van der Waals surface area contributed by atoms with Crippen molar-refractivity contribution in [1.82, 2.24) is 0 Å². The lowest BCUT2D eigenvalue weighted by molar-refractivity contribution is 0.461. The van der Waals surface area contributed by atoms with Gasteiger partial charge in [-0.05, 0) is 30.1 Å². The molecule has 3 unspecified atom stereocenters. The molecule has 0 radical (unpaired) electrons. The van der Waals surface area contributed by atoms with Crippen LogP contribution in [0, 0.1) is 23.7 Å². The largest absolute Gasteiger partial charge is 0.0651 e. The molecular weight excluding hydrogens is 216 g/mol. The average molecular weight is 252 g/mol. The highest BCUT2D eigenvalue weighted by molar-refractivity contribution is 4.85. The van der Waals surface area contributed by atoms with Gasteiger partial charge in [0, 0.05) is 0 Å². The Labute approximate surface area is 116 Å². The molecule has 0 aliphatic heterocycles. The van der Waals surface area contributed by atoms with Gasteiger partial charge in [0.1, 0.15) is 0 Å². The maximum absolute atomic E-state index is 2.39. The normalized spacial score (nSPS) is 24.5. The Kier molecular flexibility index (Phi) is 8.02. The first-order valence-electron chi connectivity index (χ1n) is 8.63. The van der Waals surface area contributed by atoms with E-state index in [1.54, 1.807) is 6.42 Å². The van der Waals surface area contributed by atoms with Crippen molar-refractivity contribution < 1.29 is 0 Å². The Bertz CT molecular complexity index is 194. The van der Waals surface area contributed by atoms with Crippen molar-refractivity contribution in [2.24, 2.45) is 23.7 Å². The first-order chi connectivity index (χ1) is 8.63. The number of unbranched alkanes of at least 4 members (excludes halogenated alkanes) is 2. The van der Waals surface area contributed by atoms with Gasteiger partial charge in [-0.25, -0.2) is 0 Å². The van der Waals surface area contributed by atoms with Crippen LogP contribution in [0.5, 0.6) is 0 Å². The summed E-state index contributed by atoms with van der Waals surface area (Å²) >= 11 is 0. The van der Waals surface area contributed by atoms with Crippen LogP contribution in [-0.2, 0) is 0 Å². The zero-order chi connectivity index (χ0) is 13.4. The third-order valence-corrected chi connectivity index (χ3v) is 4.89. The van der Waals surface area contributed by atoms with Crippen molar-refractivity contribution in [3.05, 3.63) is 0 Å². The first kappa shape index (κ1) is 16.1.